The molecule has 0 amide bonds. The average Bonchev–Trinajstić information content (AvgIpc) is 2.53. The molecule has 0 aliphatic heterocycles. The Hall–Kier alpha value is -1.80. The second-order valence-corrected chi connectivity index (χ2v) is 5.72. The standard InChI is InChI=1S/C19H26N2.CH4/c1-3-19(17-7-5-4-6-8-17)21-15(2)9-10-16-11-13-18(20)14-12-16;/h4-8,11-15,19,21H,3,9-10,20H2,1-2H3;1H4. The van der Waals surface area contributed by atoms with Crippen molar-refractivity contribution in [3.05, 3.63) is 65.7 Å². The maximum atomic E-state index is 5.72. The van der Waals surface area contributed by atoms with Gasteiger partial charge in [0.05, 0.1) is 0 Å². The van der Waals surface area contributed by atoms with Crippen molar-refractivity contribution < 1.29 is 0 Å². The molecule has 0 saturated carbocycles. The van der Waals surface area contributed by atoms with Crippen molar-refractivity contribution >= 4 is 5.69 Å². The Morgan fingerprint density at radius 1 is 1.00 bits per heavy atom. The number of hydrogen-bond donors (Lipinski definition) is 2. The van der Waals surface area contributed by atoms with Crippen LogP contribution in [0.4, 0.5) is 5.69 Å². The number of nitrogens with two attached hydrogens (primary N) is 1. The highest BCUT2D eigenvalue weighted by Gasteiger charge is 2.12. The molecule has 3 N–H and O–H groups in total. The van der Waals surface area contributed by atoms with Crippen molar-refractivity contribution in [2.45, 2.75) is 52.6 Å². The number of anilines is 1. The summed E-state index contributed by atoms with van der Waals surface area (Å²) in [5, 5.41) is 3.74. The minimum atomic E-state index is 0. The minimum Gasteiger partial charge on any atom is -0.399 e. The molecule has 0 bridgehead atoms. The Labute approximate surface area is 135 Å². The minimum absolute atomic E-state index is 0. The smallest absolute Gasteiger partial charge is 0.0319 e. The highest BCUT2D eigenvalue weighted by molar-refractivity contribution is 5.39. The van der Waals surface area contributed by atoms with Crippen molar-refractivity contribution in [1.82, 2.24) is 5.32 Å². The van der Waals surface area contributed by atoms with Gasteiger partial charge in [0.25, 0.3) is 0 Å². The zero-order valence-corrected chi connectivity index (χ0v) is 13.0. The van der Waals surface area contributed by atoms with Gasteiger partial charge in [-0.05, 0) is 49.4 Å². The summed E-state index contributed by atoms with van der Waals surface area (Å²) in [4.78, 5) is 0. The van der Waals surface area contributed by atoms with E-state index in [2.05, 4.69) is 61.6 Å². The van der Waals surface area contributed by atoms with E-state index in [9.17, 15) is 0 Å². The Morgan fingerprint density at radius 3 is 2.23 bits per heavy atom. The summed E-state index contributed by atoms with van der Waals surface area (Å²) in [6.45, 7) is 4.50. The van der Waals surface area contributed by atoms with Gasteiger partial charge in [0.2, 0.25) is 0 Å². The van der Waals surface area contributed by atoms with Crippen LogP contribution < -0.4 is 11.1 Å². The zero-order valence-electron chi connectivity index (χ0n) is 13.0. The number of nitrogens with one attached hydrogen (secondary N) is 1. The first kappa shape index (κ1) is 18.2. The molecule has 120 valence electrons. The van der Waals surface area contributed by atoms with E-state index in [4.69, 9.17) is 5.73 Å². The van der Waals surface area contributed by atoms with E-state index >= 15 is 0 Å². The van der Waals surface area contributed by atoms with Gasteiger partial charge in [-0.15, -0.1) is 0 Å². The van der Waals surface area contributed by atoms with Crippen LogP contribution in [0.3, 0.4) is 0 Å². The Kier molecular flexibility index (Phi) is 7.69. The molecule has 2 aromatic carbocycles. The van der Waals surface area contributed by atoms with Crippen LogP contribution >= 0.6 is 0 Å². The normalized spacial score (nSPS) is 13.2. The molecule has 22 heavy (non-hydrogen) atoms. The van der Waals surface area contributed by atoms with E-state index in [1.165, 1.54) is 11.1 Å². The maximum absolute atomic E-state index is 5.72. The zero-order chi connectivity index (χ0) is 15.1. The van der Waals surface area contributed by atoms with Gasteiger partial charge in [-0.3, -0.25) is 0 Å². The van der Waals surface area contributed by atoms with E-state index < -0.39 is 0 Å². The van der Waals surface area contributed by atoms with E-state index in [0.29, 0.717) is 12.1 Å². The second-order valence-electron chi connectivity index (χ2n) is 5.72. The first-order chi connectivity index (χ1) is 10.2. The molecule has 2 nitrogen and oxygen atoms in total. The van der Waals surface area contributed by atoms with E-state index in [1.54, 1.807) is 0 Å². The quantitative estimate of drug-likeness (QED) is 0.708. The van der Waals surface area contributed by atoms with Crippen LogP contribution in [0.15, 0.2) is 54.6 Å². The molecule has 0 heterocycles. The van der Waals surface area contributed by atoms with E-state index in [0.717, 1.165) is 24.9 Å². The lowest BCUT2D eigenvalue weighted by molar-refractivity contribution is 0.427. The first-order valence-corrected chi connectivity index (χ1v) is 7.84. The summed E-state index contributed by atoms with van der Waals surface area (Å²) in [5.74, 6) is 0. The van der Waals surface area contributed by atoms with E-state index in [1.807, 2.05) is 12.1 Å². The largest absolute Gasteiger partial charge is 0.399 e. The van der Waals surface area contributed by atoms with Crippen molar-refractivity contribution in [2.75, 3.05) is 5.73 Å². The van der Waals surface area contributed by atoms with Gasteiger partial charge in [-0.25, -0.2) is 0 Å². The van der Waals surface area contributed by atoms with Crippen molar-refractivity contribution in [3.63, 3.8) is 0 Å². The predicted octanol–water partition coefficient (Wildman–Crippen LogP) is 4.97. The molecule has 0 saturated heterocycles. The van der Waals surface area contributed by atoms with Crippen LogP contribution in [0.2, 0.25) is 0 Å². The number of hydrogen-bond acceptors (Lipinski definition) is 2. The molecule has 0 aromatic heterocycles. The van der Waals surface area contributed by atoms with Crippen LogP contribution in [0.5, 0.6) is 0 Å². The summed E-state index contributed by atoms with van der Waals surface area (Å²) >= 11 is 0. The first-order valence-electron chi connectivity index (χ1n) is 7.84. The Morgan fingerprint density at radius 2 is 1.64 bits per heavy atom. The number of benzene rings is 2. The highest BCUT2D eigenvalue weighted by Crippen LogP contribution is 2.18. The molecule has 2 atom stereocenters. The molecular weight excluding hydrogens is 268 g/mol. The van der Waals surface area contributed by atoms with Gasteiger partial charge >= 0.3 is 0 Å². The summed E-state index contributed by atoms with van der Waals surface area (Å²) < 4.78 is 0. The average molecular weight is 298 g/mol. The molecule has 0 aliphatic rings. The lowest BCUT2D eigenvalue weighted by Crippen LogP contribution is -2.30. The third kappa shape index (κ3) is 5.53. The molecule has 0 spiro atoms. The van der Waals surface area contributed by atoms with Crippen LogP contribution in [0, 0.1) is 0 Å². The number of rotatable bonds is 7. The summed E-state index contributed by atoms with van der Waals surface area (Å²) in [6.07, 6.45) is 3.32. The van der Waals surface area contributed by atoms with Crippen molar-refractivity contribution in [1.29, 1.82) is 0 Å². The highest BCUT2D eigenvalue weighted by atomic mass is 14.9. The number of aryl methyl sites for hydroxylation is 1. The van der Waals surface area contributed by atoms with Crippen LogP contribution in [0.1, 0.15) is 51.3 Å². The SMILES string of the molecule is C.CCC(NC(C)CCc1ccc(N)cc1)c1ccccc1. The van der Waals surface area contributed by atoms with Gasteiger partial charge < -0.3 is 11.1 Å². The van der Waals surface area contributed by atoms with Crippen LogP contribution in [-0.4, -0.2) is 6.04 Å². The van der Waals surface area contributed by atoms with Gasteiger partial charge in [-0.2, -0.15) is 0 Å². The number of nitrogen functional groups attached to an aromatic ring is 1. The van der Waals surface area contributed by atoms with E-state index in [-0.39, 0.29) is 7.43 Å². The summed E-state index contributed by atoms with van der Waals surface area (Å²) in [7, 11) is 0. The molecule has 2 heteroatoms. The molecule has 2 rings (SSSR count). The van der Waals surface area contributed by atoms with Gasteiger partial charge in [0.15, 0.2) is 0 Å². The van der Waals surface area contributed by atoms with Crippen molar-refractivity contribution in [3.8, 4) is 0 Å². The van der Waals surface area contributed by atoms with Gasteiger partial charge in [0, 0.05) is 17.8 Å². The third-order valence-corrected chi connectivity index (χ3v) is 3.94. The fraction of sp³-hybridized carbons (Fsp3) is 0.400. The molecule has 0 radical (unpaired) electrons. The lowest BCUT2D eigenvalue weighted by atomic mass is 10.0. The molecule has 2 aromatic rings. The second kappa shape index (κ2) is 9.26. The topological polar surface area (TPSA) is 38.0 Å². The third-order valence-electron chi connectivity index (χ3n) is 3.94. The van der Waals surface area contributed by atoms with Gasteiger partial charge in [-0.1, -0.05) is 56.8 Å². The Balaban J connectivity index is 0.00000242. The molecular formula is C20H30N2. The van der Waals surface area contributed by atoms with Crippen LogP contribution in [0.25, 0.3) is 0 Å². The fourth-order valence-electron chi connectivity index (χ4n) is 2.63. The predicted molar refractivity (Wildman–Crippen MR) is 98.0 cm³/mol. The summed E-state index contributed by atoms with van der Waals surface area (Å²) in [5.41, 5.74) is 9.28. The molecule has 0 aliphatic carbocycles. The van der Waals surface area contributed by atoms with Crippen LogP contribution in [-0.2, 0) is 6.42 Å². The molecule has 0 fully saturated rings. The lowest BCUT2D eigenvalue weighted by Gasteiger charge is -2.23. The maximum Gasteiger partial charge on any atom is 0.0319 e. The molecule has 2 unspecified atom stereocenters. The van der Waals surface area contributed by atoms with Crippen molar-refractivity contribution in [2.24, 2.45) is 0 Å². The fourth-order valence-corrected chi connectivity index (χ4v) is 2.63. The van der Waals surface area contributed by atoms with Gasteiger partial charge in [0.1, 0.15) is 0 Å². The monoisotopic (exact) mass is 298 g/mol. The summed E-state index contributed by atoms with van der Waals surface area (Å²) in [6, 6.07) is 19.8. The Bertz CT molecular complexity index is 519.